The van der Waals surface area contributed by atoms with Gasteiger partial charge in [0.25, 0.3) is 0 Å². The summed E-state index contributed by atoms with van der Waals surface area (Å²) in [4.78, 5) is 2.96. The van der Waals surface area contributed by atoms with Crippen LogP contribution in [0.1, 0.15) is 25.5 Å². The van der Waals surface area contributed by atoms with Crippen LogP contribution in [-0.2, 0) is 0 Å². The number of rotatable bonds is 2. The second-order valence-corrected chi connectivity index (χ2v) is 4.38. The zero-order valence-electron chi connectivity index (χ0n) is 8.62. The quantitative estimate of drug-likeness (QED) is 0.710. The van der Waals surface area contributed by atoms with Crippen LogP contribution in [0.3, 0.4) is 0 Å². The molecule has 1 aromatic carbocycles. The Balaban J connectivity index is 2.84. The summed E-state index contributed by atoms with van der Waals surface area (Å²) in [5.41, 5.74) is 1.22. The Labute approximate surface area is 95.7 Å². The van der Waals surface area contributed by atoms with Gasteiger partial charge >= 0.3 is 0 Å². The molecule has 1 nitrogen and oxygen atoms in total. The summed E-state index contributed by atoms with van der Waals surface area (Å²) in [5, 5.41) is 0.766. The van der Waals surface area contributed by atoms with Gasteiger partial charge in [0.15, 0.2) is 0 Å². The molecule has 0 aromatic heterocycles. The Hall–Kier alpha value is -0.600. The second-order valence-electron chi connectivity index (χ2n) is 3.36. The molecule has 0 radical (unpaired) electrons. The van der Waals surface area contributed by atoms with E-state index >= 15 is 0 Å². The molecule has 0 aliphatic carbocycles. The van der Waals surface area contributed by atoms with Crippen LogP contribution in [0.5, 0.6) is 0 Å². The van der Waals surface area contributed by atoms with Crippen molar-refractivity contribution in [2.45, 2.75) is 19.9 Å². The zero-order chi connectivity index (χ0) is 10.7. The molecule has 0 amide bonds. The summed E-state index contributed by atoms with van der Waals surface area (Å²) in [6, 6.07) is 8.16. The molecule has 1 unspecified atom stereocenters. The van der Waals surface area contributed by atoms with Crippen LogP contribution >= 0.6 is 23.8 Å². The smallest absolute Gasteiger partial charge is 0.0750 e. The third-order valence-electron chi connectivity index (χ3n) is 2.43. The van der Waals surface area contributed by atoms with Crippen molar-refractivity contribution in [2.75, 3.05) is 7.05 Å². The highest BCUT2D eigenvalue weighted by Gasteiger charge is 2.11. The van der Waals surface area contributed by atoms with Gasteiger partial charge in [-0.05, 0) is 31.5 Å². The van der Waals surface area contributed by atoms with Crippen LogP contribution in [0.25, 0.3) is 0 Å². The van der Waals surface area contributed by atoms with E-state index in [1.54, 1.807) is 0 Å². The normalized spacial score (nSPS) is 12.3. The van der Waals surface area contributed by atoms with Gasteiger partial charge in [0.2, 0.25) is 0 Å². The van der Waals surface area contributed by atoms with E-state index in [1.807, 2.05) is 38.2 Å². The maximum Gasteiger partial charge on any atom is 0.0750 e. The lowest BCUT2D eigenvalue weighted by Gasteiger charge is -2.26. The van der Waals surface area contributed by atoms with Crippen LogP contribution in [0, 0.1) is 0 Å². The molecular weight excluding hydrogens is 214 g/mol. The number of hydrogen-bond acceptors (Lipinski definition) is 1. The molecule has 14 heavy (non-hydrogen) atoms. The average Bonchev–Trinajstić information content (AvgIpc) is 2.16. The fourth-order valence-corrected chi connectivity index (χ4v) is 1.52. The number of benzene rings is 1. The topological polar surface area (TPSA) is 3.24 Å². The lowest BCUT2D eigenvalue weighted by Crippen LogP contribution is -2.25. The molecule has 76 valence electrons. The summed E-state index contributed by atoms with van der Waals surface area (Å²) < 4.78 is 0. The maximum absolute atomic E-state index is 5.82. The third kappa shape index (κ3) is 2.69. The number of thiocarbonyl (C=S) groups is 1. The molecule has 0 bridgehead atoms. The summed E-state index contributed by atoms with van der Waals surface area (Å²) in [7, 11) is 2.00. The summed E-state index contributed by atoms with van der Waals surface area (Å²) in [6.45, 7) is 4.06. The first kappa shape index (κ1) is 11.5. The zero-order valence-corrected chi connectivity index (χ0v) is 10.2. The van der Waals surface area contributed by atoms with Gasteiger partial charge in [-0.3, -0.25) is 0 Å². The number of nitrogens with zero attached hydrogens (tertiary/aromatic N) is 1. The summed E-state index contributed by atoms with van der Waals surface area (Å²) in [6.07, 6.45) is 0. The van der Waals surface area contributed by atoms with Crippen LogP contribution in [-0.4, -0.2) is 16.9 Å². The van der Waals surface area contributed by atoms with E-state index in [1.165, 1.54) is 5.56 Å². The Morgan fingerprint density at radius 2 is 1.86 bits per heavy atom. The fraction of sp³-hybridized carbons (Fsp3) is 0.364. The van der Waals surface area contributed by atoms with Crippen molar-refractivity contribution in [3.63, 3.8) is 0 Å². The molecular formula is C11H14ClNS. The van der Waals surface area contributed by atoms with E-state index in [0.717, 1.165) is 10.0 Å². The van der Waals surface area contributed by atoms with Crippen molar-refractivity contribution in [1.82, 2.24) is 4.90 Å². The van der Waals surface area contributed by atoms with E-state index in [2.05, 4.69) is 11.8 Å². The van der Waals surface area contributed by atoms with Gasteiger partial charge in [-0.15, -0.1) is 0 Å². The molecule has 1 rings (SSSR count). The van der Waals surface area contributed by atoms with Crippen LogP contribution in [0.15, 0.2) is 24.3 Å². The van der Waals surface area contributed by atoms with E-state index in [0.29, 0.717) is 6.04 Å². The monoisotopic (exact) mass is 227 g/mol. The number of halogens is 1. The SMILES string of the molecule is CC(=S)N(C)C(C)c1ccc(Cl)cc1. The minimum absolute atomic E-state index is 0.296. The van der Waals surface area contributed by atoms with Crippen LogP contribution in [0.2, 0.25) is 5.02 Å². The molecule has 0 saturated carbocycles. The molecule has 3 heteroatoms. The van der Waals surface area contributed by atoms with Crippen molar-refractivity contribution in [1.29, 1.82) is 0 Å². The molecule has 0 aliphatic rings. The maximum atomic E-state index is 5.82. The molecule has 0 saturated heterocycles. The largest absolute Gasteiger partial charge is 0.363 e. The van der Waals surface area contributed by atoms with Gasteiger partial charge in [-0.2, -0.15) is 0 Å². The summed E-state index contributed by atoms with van der Waals surface area (Å²) >= 11 is 10.9. The van der Waals surface area contributed by atoms with Crippen molar-refractivity contribution in [3.8, 4) is 0 Å². The predicted octanol–water partition coefficient (Wildman–Crippen LogP) is 3.68. The lowest BCUT2D eigenvalue weighted by atomic mass is 10.1. The average molecular weight is 228 g/mol. The molecule has 0 N–H and O–H groups in total. The summed E-state index contributed by atoms with van der Waals surface area (Å²) in [5.74, 6) is 0. The second kappa shape index (κ2) is 4.76. The molecule has 1 aromatic rings. The van der Waals surface area contributed by atoms with E-state index < -0.39 is 0 Å². The Kier molecular flexibility index (Phi) is 3.90. The van der Waals surface area contributed by atoms with Crippen molar-refractivity contribution < 1.29 is 0 Å². The predicted molar refractivity (Wildman–Crippen MR) is 65.9 cm³/mol. The molecule has 0 heterocycles. The molecule has 1 atom stereocenters. The van der Waals surface area contributed by atoms with Gasteiger partial charge < -0.3 is 4.90 Å². The minimum Gasteiger partial charge on any atom is -0.363 e. The van der Waals surface area contributed by atoms with E-state index in [4.69, 9.17) is 23.8 Å². The van der Waals surface area contributed by atoms with Crippen LogP contribution in [0.4, 0.5) is 0 Å². The Bertz CT molecular complexity index is 321. The lowest BCUT2D eigenvalue weighted by molar-refractivity contribution is 0.407. The first-order valence-corrected chi connectivity index (χ1v) is 5.30. The van der Waals surface area contributed by atoms with E-state index in [-0.39, 0.29) is 0 Å². The Morgan fingerprint density at radius 1 is 1.36 bits per heavy atom. The standard InChI is InChI=1S/C11H14ClNS/c1-8(13(3)9(2)14)10-4-6-11(12)7-5-10/h4-8H,1-3H3. The highest BCUT2D eigenvalue weighted by atomic mass is 35.5. The Morgan fingerprint density at radius 3 is 2.29 bits per heavy atom. The fourth-order valence-electron chi connectivity index (χ4n) is 1.24. The van der Waals surface area contributed by atoms with Gasteiger partial charge in [0.1, 0.15) is 0 Å². The van der Waals surface area contributed by atoms with Crippen LogP contribution < -0.4 is 0 Å². The molecule has 0 fully saturated rings. The first-order chi connectivity index (χ1) is 6.52. The van der Waals surface area contributed by atoms with Gasteiger partial charge in [0.05, 0.1) is 11.0 Å². The third-order valence-corrected chi connectivity index (χ3v) is 2.97. The molecule has 0 spiro atoms. The minimum atomic E-state index is 0.296. The first-order valence-electron chi connectivity index (χ1n) is 4.51. The highest BCUT2D eigenvalue weighted by molar-refractivity contribution is 7.80. The van der Waals surface area contributed by atoms with E-state index in [9.17, 15) is 0 Å². The van der Waals surface area contributed by atoms with Gasteiger partial charge in [0, 0.05) is 12.1 Å². The van der Waals surface area contributed by atoms with Crippen molar-refractivity contribution in [3.05, 3.63) is 34.9 Å². The molecule has 0 aliphatic heterocycles. The van der Waals surface area contributed by atoms with Gasteiger partial charge in [-0.25, -0.2) is 0 Å². The van der Waals surface area contributed by atoms with Crippen molar-refractivity contribution in [2.24, 2.45) is 0 Å². The number of hydrogen-bond donors (Lipinski definition) is 0. The van der Waals surface area contributed by atoms with Gasteiger partial charge in [-0.1, -0.05) is 36.0 Å². The van der Waals surface area contributed by atoms with Crippen molar-refractivity contribution >= 4 is 28.8 Å². The highest BCUT2D eigenvalue weighted by Crippen LogP contribution is 2.20.